The molecule has 0 unspecified atom stereocenters. The summed E-state index contributed by atoms with van der Waals surface area (Å²) in [5.74, 6) is 0.393. The zero-order chi connectivity index (χ0) is 19.4. The third-order valence-corrected chi connectivity index (χ3v) is 6.13. The molecule has 1 N–H and O–H groups in total. The summed E-state index contributed by atoms with van der Waals surface area (Å²) in [6.45, 7) is 0.176. The molecule has 3 rings (SSSR count). The van der Waals surface area contributed by atoms with E-state index in [4.69, 9.17) is 27.9 Å². The molecule has 27 heavy (non-hydrogen) atoms. The van der Waals surface area contributed by atoms with Gasteiger partial charge in [0, 0.05) is 10.7 Å². The van der Waals surface area contributed by atoms with Gasteiger partial charge in [-0.05, 0) is 54.1 Å². The molecule has 1 aromatic heterocycles. The van der Waals surface area contributed by atoms with Gasteiger partial charge >= 0.3 is 0 Å². The molecule has 0 fully saturated rings. The SMILES string of the molecule is O=S(=O)(Nc1ncccc1OCc1ccc(Cl)c(Cl)c1)c1ccc(Br)cc1. The first-order chi connectivity index (χ1) is 12.8. The fraction of sp³-hybridized carbons (Fsp3) is 0.0556. The number of hydrogen-bond donors (Lipinski definition) is 1. The van der Waals surface area contributed by atoms with Crippen molar-refractivity contribution in [3.63, 3.8) is 0 Å². The van der Waals surface area contributed by atoms with E-state index in [0.29, 0.717) is 15.8 Å². The summed E-state index contributed by atoms with van der Waals surface area (Å²) >= 11 is 15.2. The van der Waals surface area contributed by atoms with Crippen LogP contribution in [-0.4, -0.2) is 13.4 Å². The fourth-order valence-corrected chi connectivity index (χ4v) is 3.78. The number of aromatic nitrogens is 1. The molecule has 3 aromatic rings. The molecule has 0 aliphatic carbocycles. The second-order valence-electron chi connectivity index (χ2n) is 5.45. The predicted octanol–water partition coefficient (Wildman–Crippen LogP) is 5.53. The van der Waals surface area contributed by atoms with Crippen molar-refractivity contribution in [2.45, 2.75) is 11.5 Å². The van der Waals surface area contributed by atoms with Gasteiger partial charge in [0.15, 0.2) is 11.6 Å². The van der Waals surface area contributed by atoms with Crippen molar-refractivity contribution in [2.24, 2.45) is 0 Å². The quantitative estimate of drug-likeness (QED) is 0.496. The van der Waals surface area contributed by atoms with Gasteiger partial charge in [-0.25, -0.2) is 13.4 Å². The second kappa shape index (κ2) is 8.48. The summed E-state index contributed by atoms with van der Waals surface area (Å²) in [7, 11) is -3.80. The Bertz CT molecular complexity index is 1060. The molecule has 2 aromatic carbocycles. The molecule has 1 heterocycles. The number of ether oxygens (including phenoxy) is 1. The molecule has 0 amide bonds. The molecule has 9 heteroatoms. The highest BCUT2D eigenvalue weighted by Gasteiger charge is 2.17. The first-order valence-electron chi connectivity index (χ1n) is 7.65. The van der Waals surface area contributed by atoms with E-state index in [-0.39, 0.29) is 17.3 Å². The molecule has 0 saturated heterocycles. The summed E-state index contributed by atoms with van der Waals surface area (Å²) in [5, 5.41) is 0.866. The zero-order valence-corrected chi connectivity index (χ0v) is 17.6. The normalized spacial score (nSPS) is 11.2. The smallest absolute Gasteiger partial charge is 0.263 e. The molecule has 0 aliphatic rings. The minimum Gasteiger partial charge on any atom is -0.485 e. The lowest BCUT2D eigenvalue weighted by molar-refractivity contribution is 0.307. The lowest BCUT2D eigenvalue weighted by Crippen LogP contribution is -2.14. The average molecular weight is 488 g/mol. The molecular weight excluding hydrogens is 475 g/mol. The van der Waals surface area contributed by atoms with Gasteiger partial charge in [-0.3, -0.25) is 4.72 Å². The highest BCUT2D eigenvalue weighted by molar-refractivity contribution is 9.10. The zero-order valence-electron chi connectivity index (χ0n) is 13.7. The highest BCUT2D eigenvalue weighted by Crippen LogP contribution is 2.27. The van der Waals surface area contributed by atoms with Crippen LogP contribution in [0.2, 0.25) is 10.0 Å². The van der Waals surface area contributed by atoms with Gasteiger partial charge in [-0.15, -0.1) is 0 Å². The highest BCUT2D eigenvalue weighted by atomic mass is 79.9. The van der Waals surface area contributed by atoms with E-state index in [0.717, 1.165) is 10.0 Å². The molecular formula is C18H13BrCl2N2O3S. The van der Waals surface area contributed by atoms with Crippen molar-refractivity contribution in [3.8, 4) is 5.75 Å². The molecule has 0 saturated carbocycles. The van der Waals surface area contributed by atoms with Crippen LogP contribution >= 0.6 is 39.1 Å². The Kier molecular flexibility index (Phi) is 6.26. The van der Waals surface area contributed by atoms with Crippen molar-refractivity contribution in [2.75, 3.05) is 4.72 Å². The number of benzene rings is 2. The van der Waals surface area contributed by atoms with Crippen LogP contribution in [0, 0.1) is 0 Å². The molecule has 0 atom stereocenters. The summed E-state index contributed by atoms with van der Waals surface area (Å²) in [5.41, 5.74) is 0.787. The predicted molar refractivity (Wildman–Crippen MR) is 110 cm³/mol. The van der Waals surface area contributed by atoms with Crippen LogP contribution in [0.25, 0.3) is 0 Å². The van der Waals surface area contributed by atoms with Crippen molar-refractivity contribution in [3.05, 3.63) is 80.9 Å². The van der Waals surface area contributed by atoms with Crippen LogP contribution in [0.3, 0.4) is 0 Å². The van der Waals surface area contributed by atoms with Gasteiger partial charge in [0.25, 0.3) is 10.0 Å². The van der Waals surface area contributed by atoms with Gasteiger partial charge in [-0.2, -0.15) is 0 Å². The van der Waals surface area contributed by atoms with Gasteiger partial charge in [0.05, 0.1) is 14.9 Å². The number of anilines is 1. The number of rotatable bonds is 6. The van der Waals surface area contributed by atoms with Crippen LogP contribution in [0.1, 0.15) is 5.56 Å². The van der Waals surface area contributed by atoms with Gasteiger partial charge in [0.1, 0.15) is 6.61 Å². The Labute approximate surface area is 175 Å². The van der Waals surface area contributed by atoms with E-state index in [1.54, 1.807) is 42.5 Å². The van der Waals surface area contributed by atoms with Crippen LogP contribution in [0.15, 0.2) is 70.2 Å². The maximum Gasteiger partial charge on any atom is 0.263 e. The molecule has 0 aliphatic heterocycles. The van der Waals surface area contributed by atoms with Gasteiger partial charge in [-0.1, -0.05) is 45.2 Å². The lowest BCUT2D eigenvalue weighted by Gasteiger charge is -2.13. The number of nitrogens with zero attached hydrogens (tertiary/aromatic N) is 1. The maximum atomic E-state index is 12.6. The topological polar surface area (TPSA) is 68.3 Å². The summed E-state index contributed by atoms with van der Waals surface area (Å²) in [4.78, 5) is 4.20. The summed E-state index contributed by atoms with van der Waals surface area (Å²) in [6.07, 6.45) is 1.48. The minimum atomic E-state index is -3.80. The first-order valence-corrected chi connectivity index (χ1v) is 10.7. The molecule has 0 bridgehead atoms. The van der Waals surface area contributed by atoms with Crippen LogP contribution in [0.5, 0.6) is 5.75 Å². The molecule has 140 valence electrons. The number of nitrogens with one attached hydrogen (secondary N) is 1. The number of halogens is 3. The first kappa shape index (κ1) is 19.9. The van der Waals surface area contributed by atoms with E-state index in [2.05, 4.69) is 25.6 Å². The third kappa shape index (κ3) is 5.13. The van der Waals surface area contributed by atoms with E-state index in [1.165, 1.54) is 18.3 Å². The van der Waals surface area contributed by atoms with Crippen molar-refractivity contribution in [1.82, 2.24) is 4.98 Å². The summed E-state index contributed by atoms with van der Waals surface area (Å²) < 4.78 is 34.1. The Morgan fingerprint density at radius 3 is 2.48 bits per heavy atom. The van der Waals surface area contributed by atoms with Gasteiger partial charge in [0.2, 0.25) is 0 Å². The number of hydrogen-bond acceptors (Lipinski definition) is 4. The van der Waals surface area contributed by atoms with E-state index < -0.39 is 10.0 Å². The van der Waals surface area contributed by atoms with E-state index >= 15 is 0 Å². The molecule has 0 spiro atoms. The van der Waals surface area contributed by atoms with Crippen LogP contribution < -0.4 is 9.46 Å². The maximum absolute atomic E-state index is 12.6. The van der Waals surface area contributed by atoms with Crippen LogP contribution in [-0.2, 0) is 16.6 Å². The molecule has 0 radical (unpaired) electrons. The largest absolute Gasteiger partial charge is 0.485 e. The fourth-order valence-electron chi connectivity index (χ4n) is 2.17. The number of sulfonamides is 1. The Morgan fingerprint density at radius 1 is 1.04 bits per heavy atom. The monoisotopic (exact) mass is 486 g/mol. The summed E-state index contributed by atoms with van der Waals surface area (Å²) in [6, 6.07) is 14.7. The average Bonchev–Trinajstić information content (AvgIpc) is 2.64. The van der Waals surface area contributed by atoms with Crippen molar-refractivity contribution < 1.29 is 13.2 Å². The molecule has 5 nitrogen and oxygen atoms in total. The van der Waals surface area contributed by atoms with E-state index in [1.807, 2.05) is 0 Å². The number of pyridine rings is 1. The third-order valence-electron chi connectivity index (χ3n) is 3.50. The Hall–Kier alpha value is -1.80. The van der Waals surface area contributed by atoms with Gasteiger partial charge < -0.3 is 4.74 Å². The standard InChI is InChI=1S/C18H13BrCl2N2O3S/c19-13-4-6-14(7-5-13)27(24,25)23-18-17(2-1-9-22-18)26-11-12-3-8-15(20)16(21)10-12/h1-10H,11H2,(H,22,23). The van der Waals surface area contributed by atoms with Crippen LogP contribution in [0.4, 0.5) is 5.82 Å². The Balaban J connectivity index is 1.79. The second-order valence-corrected chi connectivity index (χ2v) is 8.86. The Morgan fingerprint density at radius 2 is 1.78 bits per heavy atom. The van der Waals surface area contributed by atoms with Crippen molar-refractivity contribution >= 4 is 55.0 Å². The lowest BCUT2D eigenvalue weighted by atomic mass is 10.2. The minimum absolute atomic E-state index is 0.0977. The van der Waals surface area contributed by atoms with Crippen molar-refractivity contribution in [1.29, 1.82) is 0 Å². The van der Waals surface area contributed by atoms with E-state index in [9.17, 15) is 8.42 Å².